The molecule has 1 saturated heterocycles. The van der Waals surface area contributed by atoms with Crippen LogP contribution in [0.1, 0.15) is 46.5 Å². The van der Waals surface area contributed by atoms with Crippen LogP contribution in [0.2, 0.25) is 0 Å². The quantitative estimate of drug-likeness (QED) is 0.569. The third-order valence-corrected chi connectivity index (χ3v) is 4.50. The van der Waals surface area contributed by atoms with Gasteiger partial charge in [-0.05, 0) is 32.2 Å². The fourth-order valence-corrected chi connectivity index (χ4v) is 3.25. The highest BCUT2D eigenvalue weighted by Gasteiger charge is 2.37. The zero-order valence-electron chi connectivity index (χ0n) is 13.7. The molecule has 2 N–H and O–H groups in total. The van der Waals surface area contributed by atoms with Gasteiger partial charge in [0.15, 0.2) is 0 Å². The summed E-state index contributed by atoms with van der Waals surface area (Å²) in [5.74, 6) is 0. The maximum absolute atomic E-state index is 9.36. The third kappa shape index (κ3) is 5.32. The summed E-state index contributed by atoms with van der Waals surface area (Å²) < 4.78 is 5.69. The van der Waals surface area contributed by atoms with E-state index >= 15 is 0 Å². The fourth-order valence-electron chi connectivity index (χ4n) is 3.25. The van der Waals surface area contributed by atoms with E-state index in [0.717, 1.165) is 58.7 Å². The van der Waals surface area contributed by atoms with Gasteiger partial charge in [0.1, 0.15) is 0 Å². The molecule has 0 aromatic heterocycles. The van der Waals surface area contributed by atoms with Crippen LogP contribution in [-0.2, 0) is 4.74 Å². The van der Waals surface area contributed by atoms with Crippen LogP contribution in [-0.4, -0.2) is 62.0 Å². The molecule has 0 bridgehead atoms. The molecule has 0 amide bonds. The van der Waals surface area contributed by atoms with E-state index in [0.29, 0.717) is 6.04 Å². The van der Waals surface area contributed by atoms with Crippen molar-refractivity contribution in [1.82, 2.24) is 10.2 Å². The lowest BCUT2D eigenvalue weighted by atomic mass is 9.85. The largest absolute Gasteiger partial charge is 0.395 e. The summed E-state index contributed by atoms with van der Waals surface area (Å²) >= 11 is 0. The number of aliphatic hydroxyl groups excluding tert-OH is 1. The zero-order chi connectivity index (χ0) is 14.8. The maximum Gasteiger partial charge on any atom is 0.0558 e. The first-order valence-electron chi connectivity index (χ1n) is 8.34. The SMILES string of the molecule is CCCNCC1(CN(CCO)C(CC)CC)CCOC1. The van der Waals surface area contributed by atoms with E-state index in [9.17, 15) is 5.11 Å². The van der Waals surface area contributed by atoms with Gasteiger partial charge >= 0.3 is 0 Å². The summed E-state index contributed by atoms with van der Waals surface area (Å²) in [6.45, 7) is 12.6. The number of nitrogens with zero attached hydrogens (tertiary/aromatic N) is 1. The van der Waals surface area contributed by atoms with E-state index in [-0.39, 0.29) is 12.0 Å². The number of hydrogen-bond acceptors (Lipinski definition) is 4. The van der Waals surface area contributed by atoms with E-state index < -0.39 is 0 Å². The van der Waals surface area contributed by atoms with Crippen LogP contribution in [0, 0.1) is 5.41 Å². The minimum atomic E-state index is 0.229. The Hall–Kier alpha value is -0.160. The summed E-state index contributed by atoms with van der Waals surface area (Å²) in [6.07, 6.45) is 4.60. The molecule has 0 saturated carbocycles. The van der Waals surface area contributed by atoms with Gasteiger partial charge < -0.3 is 15.2 Å². The van der Waals surface area contributed by atoms with Gasteiger partial charge in [-0.25, -0.2) is 0 Å². The number of nitrogens with one attached hydrogen (secondary N) is 1. The van der Waals surface area contributed by atoms with Crippen LogP contribution < -0.4 is 5.32 Å². The summed E-state index contributed by atoms with van der Waals surface area (Å²) in [6, 6.07) is 0.575. The van der Waals surface area contributed by atoms with Gasteiger partial charge in [0.25, 0.3) is 0 Å². The smallest absolute Gasteiger partial charge is 0.0558 e. The fraction of sp³-hybridized carbons (Fsp3) is 1.00. The van der Waals surface area contributed by atoms with Crippen LogP contribution in [0.25, 0.3) is 0 Å². The van der Waals surface area contributed by atoms with Gasteiger partial charge in [0, 0.05) is 37.7 Å². The lowest BCUT2D eigenvalue weighted by molar-refractivity contribution is 0.0683. The van der Waals surface area contributed by atoms with Gasteiger partial charge in [-0.15, -0.1) is 0 Å². The molecule has 4 heteroatoms. The molecule has 1 heterocycles. The molecule has 1 aliphatic heterocycles. The maximum atomic E-state index is 9.36. The molecule has 1 rings (SSSR count). The Labute approximate surface area is 124 Å². The highest BCUT2D eigenvalue weighted by atomic mass is 16.5. The van der Waals surface area contributed by atoms with Gasteiger partial charge in [0.05, 0.1) is 13.2 Å². The number of rotatable bonds is 11. The summed E-state index contributed by atoms with van der Waals surface area (Å²) in [7, 11) is 0. The predicted molar refractivity (Wildman–Crippen MR) is 84.1 cm³/mol. The Morgan fingerprint density at radius 2 is 2.05 bits per heavy atom. The standard InChI is InChI=1S/C16H34N2O2/c1-4-8-17-12-16(7-11-20-14-16)13-18(9-10-19)15(5-2)6-3/h15,17,19H,4-14H2,1-3H3. The van der Waals surface area contributed by atoms with Gasteiger partial charge in [-0.2, -0.15) is 0 Å². The molecule has 0 aliphatic carbocycles. The highest BCUT2D eigenvalue weighted by Crippen LogP contribution is 2.30. The number of aliphatic hydroxyl groups is 1. The third-order valence-electron chi connectivity index (χ3n) is 4.50. The first-order chi connectivity index (χ1) is 9.71. The van der Waals surface area contributed by atoms with Crippen LogP contribution in [0.3, 0.4) is 0 Å². The first-order valence-corrected chi connectivity index (χ1v) is 8.34. The molecule has 20 heavy (non-hydrogen) atoms. The van der Waals surface area contributed by atoms with Crippen molar-refractivity contribution in [2.45, 2.75) is 52.5 Å². The Morgan fingerprint density at radius 1 is 1.30 bits per heavy atom. The van der Waals surface area contributed by atoms with Crippen LogP contribution in [0.5, 0.6) is 0 Å². The van der Waals surface area contributed by atoms with E-state index in [4.69, 9.17) is 4.74 Å². The molecule has 0 spiro atoms. The monoisotopic (exact) mass is 286 g/mol. The van der Waals surface area contributed by atoms with Crippen LogP contribution >= 0.6 is 0 Å². The molecule has 1 aliphatic rings. The van der Waals surface area contributed by atoms with Crippen molar-refractivity contribution in [3.8, 4) is 0 Å². The average molecular weight is 286 g/mol. The van der Waals surface area contributed by atoms with Gasteiger partial charge in [-0.3, -0.25) is 4.90 Å². The minimum Gasteiger partial charge on any atom is -0.395 e. The second-order valence-corrected chi connectivity index (χ2v) is 6.14. The molecule has 120 valence electrons. The molecule has 1 fully saturated rings. The van der Waals surface area contributed by atoms with Crippen molar-refractivity contribution in [2.24, 2.45) is 5.41 Å². The highest BCUT2D eigenvalue weighted by molar-refractivity contribution is 4.90. The number of ether oxygens (including phenoxy) is 1. The molecule has 0 aromatic carbocycles. The zero-order valence-corrected chi connectivity index (χ0v) is 13.7. The Kier molecular flexibility index (Phi) is 8.69. The van der Waals surface area contributed by atoms with Crippen molar-refractivity contribution < 1.29 is 9.84 Å². The van der Waals surface area contributed by atoms with Crippen LogP contribution in [0.15, 0.2) is 0 Å². The lowest BCUT2D eigenvalue weighted by Crippen LogP contribution is -2.49. The molecule has 0 radical (unpaired) electrons. The molecule has 4 nitrogen and oxygen atoms in total. The van der Waals surface area contributed by atoms with E-state index in [2.05, 4.69) is 31.0 Å². The second-order valence-electron chi connectivity index (χ2n) is 6.14. The summed E-state index contributed by atoms with van der Waals surface area (Å²) in [4.78, 5) is 2.47. The van der Waals surface area contributed by atoms with Crippen molar-refractivity contribution in [3.05, 3.63) is 0 Å². The van der Waals surface area contributed by atoms with Gasteiger partial charge in [0.2, 0.25) is 0 Å². The molecule has 1 atom stereocenters. The van der Waals surface area contributed by atoms with Crippen molar-refractivity contribution in [2.75, 3.05) is 46.0 Å². The minimum absolute atomic E-state index is 0.229. The van der Waals surface area contributed by atoms with Crippen molar-refractivity contribution >= 4 is 0 Å². The van der Waals surface area contributed by atoms with Crippen molar-refractivity contribution in [1.29, 1.82) is 0 Å². The normalized spacial score (nSPS) is 23.1. The average Bonchev–Trinajstić information content (AvgIpc) is 2.89. The van der Waals surface area contributed by atoms with Crippen molar-refractivity contribution in [3.63, 3.8) is 0 Å². The molecular formula is C16H34N2O2. The summed E-state index contributed by atoms with van der Waals surface area (Å²) in [5, 5.41) is 12.9. The van der Waals surface area contributed by atoms with E-state index in [1.165, 1.54) is 6.42 Å². The Balaban J connectivity index is 2.64. The van der Waals surface area contributed by atoms with E-state index in [1.54, 1.807) is 0 Å². The molecular weight excluding hydrogens is 252 g/mol. The Morgan fingerprint density at radius 3 is 2.55 bits per heavy atom. The molecule has 0 aromatic rings. The lowest BCUT2D eigenvalue weighted by Gasteiger charge is -2.38. The van der Waals surface area contributed by atoms with E-state index in [1.807, 2.05) is 0 Å². The predicted octanol–water partition coefficient (Wildman–Crippen LogP) is 1.88. The topological polar surface area (TPSA) is 44.7 Å². The summed E-state index contributed by atoms with van der Waals surface area (Å²) in [5.41, 5.74) is 0.229. The van der Waals surface area contributed by atoms with Gasteiger partial charge in [-0.1, -0.05) is 20.8 Å². The van der Waals surface area contributed by atoms with Crippen LogP contribution in [0.4, 0.5) is 0 Å². The second kappa shape index (κ2) is 9.72. The molecule has 1 unspecified atom stereocenters. The Bertz CT molecular complexity index is 239. The first kappa shape index (κ1) is 17.9. The number of hydrogen-bond donors (Lipinski definition) is 2.